The van der Waals surface area contributed by atoms with Crippen molar-refractivity contribution in [2.45, 2.75) is 5.75 Å². The number of carbonyl (C=O) groups excluding carboxylic acids is 2. The Balaban J connectivity index is 1.70. The van der Waals surface area contributed by atoms with Gasteiger partial charge in [-0.1, -0.05) is 12.1 Å². The van der Waals surface area contributed by atoms with Crippen molar-refractivity contribution in [2.75, 3.05) is 12.3 Å². The molecule has 0 unspecified atom stereocenters. The van der Waals surface area contributed by atoms with Crippen LogP contribution in [0.5, 0.6) is 0 Å². The lowest BCUT2D eigenvalue weighted by atomic mass is 10.1. The van der Waals surface area contributed by atoms with Crippen LogP contribution in [0.3, 0.4) is 0 Å². The van der Waals surface area contributed by atoms with Crippen LogP contribution in [0.15, 0.2) is 47.1 Å². The van der Waals surface area contributed by atoms with Crippen LogP contribution < -0.4 is 0 Å². The predicted molar refractivity (Wildman–Crippen MR) is 78.0 cm³/mol. The lowest BCUT2D eigenvalue weighted by Gasteiger charge is -2.13. The fourth-order valence-corrected chi connectivity index (χ4v) is 3.56. The lowest BCUT2D eigenvalue weighted by Crippen LogP contribution is -2.34. The highest BCUT2D eigenvalue weighted by atomic mass is 32.2. The van der Waals surface area contributed by atoms with Crippen molar-refractivity contribution in [1.29, 1.82) is 0 Å². The van der Waals surface area contributed by atoms with Crippen LogP contribution in [-0.2, 0) is 15.6 Å². The summed E-state index contributed by atoms with van der Waals surface area (Å²) in [5.41, 5.74) is 0.631. The summed E-state index contributed by atoms with van der Waals surface area (Å²) in [4.78, 5) is 25.2. The minimum absolute atomic E-state index is 0.157. The van der Waals surface area contributed by atoms with Gasteiger partial charge in [-0.3, -0.25) is 14.5 Å². The van der Waals surface area contributed by atoms with E-state index in [1.807, 2.05) is 0 Å². The van der Waals surface area contributed by atoms with Crippen molar-refractivity contribution >= 4 is 21.7 Å². The van der Waals surface area contributed by atoms with Crippen LogP contribution in [0, 0.1) is 0 Å². The summed E-state index contributed by atoms with van der Waals surface area (Å²) in [6.45, 7) is -0.157. The first-order valence-corrected chi connectivity index (χ1v) is 8.48. The first-order valence-electron chi connectivity index (χ1n) is 6.66. The minimum Gasteiger partial charge on any atom is -0.468 e. The van der Waals surface area contributed by atoms with Crippen LogP contribution in [0.25, 0.3) is 0 Å². The topological polar surface area (TPSA) is 84.7 Å². The Hall–Kier alpha value is -2.41. The van der Waals surface area contributed by atoms with E-state index in [9.17, 15) is 18.0 Å². The molecule has 114 valence electrons. The van der Waals surface area contributed by atoms with Crippen molar-refractivity contribution < 1.29 is 22.4 Å². The number of imide groups is 1. The summed E-state index contributed by atoms with van der Waals surface area (Å²) in [5.74, 6) is -1.10. The van der Waals surface area contributed by atoms with E-state index in [4.69, 9.17) is 4.42 Å². The second-order valence-electron chi connectivity index (χ2n) is 4.98. The molecule has 1 aliphatic heterocycles. The third-order valence-corrected chi connectivity index (χ3v) is 4.98. The Morgan fingerprint density at radius 1 is 0.955 bits per heavy atom. The van der Waals surface area contributed by atoms with E-state index < -0.39 is 21.7 Å². The number of fused-ring (bicyclic) bond motifs is 1. The van der Waals surface area contributed by atoms with Crippen molar-refractivity contribution in [2.24, 2.45) is 0 Å². The molecular formula is C15H13NO5S. The van der Waals surface area contributed by atoms with Crippen molar-refractivity contribution in [3.05, 3.63) is 59.5 Å². The molecular weight excluding hydrogens is 306 g/mol. The van der Waals surface area contributed by atoms with E-state index in [0.29, 0.717) is 16.9 Å². The molecule has 0 saturated carbocycles. The van der Waals surface area contributed by atoms with Gasteiger partial charge in [-0.05, 0) is 24.3 Å². The van der Waals surface area contributed by atoms with Gasteiger partial charge in [0.05, 0.1) is 23.1 Å². The highest BCUT2D eigenvalue weighted by Gasteiger charge is 2.35. The number of nitrogens with zero attached hydrogens (tertiary/aromatic N) is 1. The summed E-state index contributed by atoms with van der Waals surface area (Å²) < 4.78 is 29.1. The number of furan rings is 1. The molecule has 2 amide bonds. The Kier molecular flexibility index (Phi) is 3.58. The molecule has 1 aliphatic rings. The molecule has 0 N–H and O–H groups in total. The average molecular weight is 319 g/mol. The number of hydrogen-bond donors (Lipinski definition) is 0. The Morgan fingerprint density at radius 3 is 2.14 bits per heavy atom. The third-order valence-electron chi connectivity index (χ3n) is 3.45. The van der Waals surface area contributed by atoms with Gasteiger partial charge in [0, 0.05) is 6.54 Å². The zero-order chi connectivity index (χ0) is 15.7. The molecule has 1 aromatic heterocycles. The molecule has 0 aliphatic carbocycles. The van der Waals surface area contributed by atoms with Crippen molar-refractivity contribution in [3.63, 3.8) is 0 Å². The molecule has 0 bridgehead atoms. The fourth-order valence-electron chi connectivity index (χ4n) is 2.36. The average Bonchev–Trinajstić information content (AvgIpc) is 3.06. The molecule has 0 atom stereocenters. The van der Waals surface area contributed by atoms with Crippen molar-refractivity contribution in [3.8, 4) is 0 Å². The molecule has 2 aromatic rings. The lowest BCUT2D eigenvalue weighted by molar-refractivity contribution is 0.0664. The van der Waals surface area contributed by atoms with Gasteiger partial charge in [0.1, 0.15) is 11.5 Å². The van der Waals surface area contributed by atoms with E-state index in [1.165, 1.54) is 6.26 Å². The normalized spacial score (nSPS) is 14.5. The van der Waals surface area contributed by atoms with Crippen LogP contribution in [0.1, 0.15) is 26.5 Å². The molecule has 0 fully saturated rings. The van der Waals surface area contributed by atoms with Gasteiger partial charge in [0.15, 0.2) is 9.84 Å². The second kappa shape index (κ2) is 5.42. The first-order chi connectivity index (χ1) is 10.5. The van der Waals surface area contributed by atoms with E-state index in [1.54, 1.807) is 36.4 Å². The summed E-state index contributed by atoms with van der Waals surface area (Å²) in [6, 6.07) is 9.64. The van der Waals surface area contributed by atoms with Gasteiger partial charge in [0.2, 0.25) is 0 Å². The predicted octanol–water partition coefficient (Wildman–Crippen LogP) is 1.49. The smallest absolute Gasteiger partial charge is 0.261 e. The molecule has 0 spiro atoms. The van der Waals surface area contributed by atoms with E-state index in [2.05, 4.69) is 0 Å². The minimum atomic E-state index is -3.47. The molecule has 2 heterocycles. The van der Waals surface area contributed by atoms with Crippen molar-refractivity contribution in [1.82, 2.24) is 4.90 Å². The summed E-state index contributed by atoms with van der Waals surface area (Å²) >= 11 is 0. The maximum absolute atomic E-state index is 12.1. The maximum atomic E-state index is 12.1. The number of sulfone groups is 1. The fraction of sp³-hybridized carbons (Fsp3) is 0.200. The first kappa shape index (κ1) is 14.5. The van der Waals surface area contributed by atoms with Crippen LogP contribution >= 0.6 is 0 Å². The highest BCUT2D eigenvalue weighted by molar-refractivity contribution is 7.90. The number of benzene rings is 1. The monoisotopic (exact) mass is 319 g/mol. The SMILES string of the molecule is O=C1c2ccccc2C(=O)N1CCS(=O)(=O)Cc1ccco1. The second-order valence-corrected chi connectivity index (χ2v) is 7.16. The van der Waals surface area contributed by atoms with Gasteiger partial charge < -0.3 is 4.42 Å². The Bertz CT molecular complexity index is 788. The molecule has 22 heavy (non-hydrogen) atoms. The standard InChI is InChI=1S/C15H13NO5S/c17-14-12-5-1-2-6-13(12)15(18)16(14)7-9-22(19,20)10-11-4-3-8-21-11/h1-6,8H,7,9-10H2. The van der Waals surface area contributed by atoms with Gasteiger partial charge in [-0.2, -0.15) is 0 Å². The van der Waals surface area contributed by atoms with Crippen LogP contribution in [0.2, 0.25) is 0 Å². The van der Waals surface area contributed by atoms with Gasteiger partial charge in [-0.15, -0.1) is 0 Å². The summed E-state index contributed by atoms with van der Waals surface area (Å²) in [7, 11) is -3.47. The number of rotatable bonds is 5. The summed E-state index contributed by atoms with van der Waals surface area (Å²) in [6.07, 6.45) is 1.40. The largest absolute Gasteiger partial charge is 0.468 e. The Labute approximate surface area is 127 Å². The zero-order valence-electron chi connectivity index (χ0n) is 11.6. The van der Waals surface area contributed by atoms with Crippen LogP contribution in [0.4, 0.5) is 0 Å². The quantitative estimate of drug-likeness (QED) is 0.780. The Morgan fingerprint density at radius 2 is 1.59 bits per heavy atom. The van der Waals surface area contributed by atoms with Gasteiger partial charge in [-0.25, -0.2) is 8.42 Å². The van der Waals surface area contributed by atoms with E-state index in [-0.39, 0.29) is 18.1 Å². The molecule has 0 radical (unpaired) electrons. The van der Waals surface area contributed by atoms with Gasteiger partial charge >= 0.3 is 0 Å². The third kappa shape index (κ3) is 2.67. The molecule has 7 heteroatoms. The molecule has 1 aromatic carbocycles. The number of hydrogen-bond acceptors (Lipinski definition) is 5. The van der Waals surface area contributed by atoms with Gasteiger partial charge in [0.25, 0.3) is 11.8 Å². The zero-order valence-corrected chi connectivity index (χ0v) is 12.4. The molecule has 0 saturated heterocycles. The molecule has 3 rings (SSSR count). The maximum Gasteiger partial charge on any atom is 0.261 e. The molecule has 6 nitrogen and oxygen atoms in total. The van der Waals surface area contributed by atoms with E-state index in [0.717, 1.165) is 4.90 Å². The highest BCUT2D eigenvalue weighted by Crippen LogP contribution is 2.22. The number of amides is 2. The number of carbonyl (C=O) groups is 2. The van der Waals surface area contributed by atoms with E-state index >= 15 is 0 Å². The van der Waals surface area contributed by atoms with Crippen LogP contribution in [-0.4, -0.2) is 37.4 Å². The summed E-state index contributed by atoms with van der Waals surface area (Å²) in [5, 5.41) is 0.